The zero-order chi connectivity index (χ0) is 32.2. The van der Waals surface area contributed by atoms with Crippen molar-refractivity contribution in [3.63, 3.8) is 0 Å². The van der Waals surface area contributed by atoms with Crippen LogP contribution in [0.2, 0.25) is 0 Å². The van der Waals surface area contributed by atoms with Crippen molar-refractivity contribution in [1.29, 1.82) is 0 Å². The molecule has 0 N–H and O–H groups in total. The Bertz CT molecular complexity index is 1830. The van der Waals surface area contributed by atoms with E-state index in [0.717, 1.165) is 16.9 Å². The summed E-state index contributed by atoms with van der Waals surface area (Å²) in [5, 5.41) is 0. The average Bonchev–Trinajstić information content (AvgIpc) is 3.47. The minimum atomic E-state index is 0. The van der Waals surface area contributed by atoms with Crippen LogP contribution in [0, 0.1) is 18.8 Å². The van der Waals surface area contributed by atoms with Gasteiger partial charge in [-0.1, -0.05) is 89.4 Å². The van der Waals surface area contributed by atoms with Crippen LogP contribution in [0.15, 0.2) is 97.2 Å². The number of nitrogens with zero attached hydrogens (tertiary/aromatic N) is 4. The van der Waals surface area contributed by atoms with Crippen molar-refractivity contribution >= 4 is 34.1 Å². The summed E-state index contributed by atoms with van der Waals surface area (Å²) < 4.78 is 0. The molecule has 0 saturated heterocycles. The van der Waals surface area contributed by atoms with Gasteiger partial charge in [0.1, 0.15) is 0 Å². The van der Waals surface area contributed by atoms with E-state index < -0.39 is 0 Å². The van der Waals surface area contributed by atoms with E-state index in [1.54, 1.807) is 6.20 Å². The van der Waals surface area contributed by atoms with Gasteiger partial charge in [0.15, 0.2) is 0 Å². The Hall–Kier alpha value is -3.92. The van der Waals surface area contributed by atoms with Gasteiger partial charge < -0.3 is 19.7 Å². The van der Waals surface area contributed by atoms with Gasteiger partial charge in [0.25, 0.3) is 0 Å². The molecule has 0 radical (unpaired) electrons. The van der Waals surface area contributed by atoms with Gasteiger partial charge in [0.2, 0.25) is 0 Å². The Balaban J connectivity index is 0.000000250. The SMILES string of the molecule is CC(C)c1ccc(N2[CH-]N3c4[c-]c5c(cc4N(C)c4cccc2c43)C(C)(C)CCC5(C)C)cc1.[Ir+3].[c-]1ccccc1-c1ccccn1. The summed E-state index contributed by atoms with van der Waals surface area (Å²) in [4.78, 5) is 11.3. The molecule has 1 aliphatic carbocycles. The molecule has 4 aromatic carbocycles. The zero-order valence-electron chi connectivity index (χ0n) is 28.4. The molecular formula is C42H43IrN4. The molecule has 0 saturated carbocycles. The van der Waals surface area contributed by atoms with E-state index in [1.807, 2.05) is 42.5 Å². The second kappa shape index (κ2) is 12.6. The number of benzene rings is 4. The predicted molar refractivity (Wildman–Crippen MR) is 193 cm³/mol. The van der Waals surface area contributed by atoms with Gasteiger partial charge in [-0.15, -0.1) is 54.2 Å². The number of para-hydroxylation sites is 1. The summed E-state index contributed by atoms with van der Waals surface area (Å²) in [6.45, 7) is 16.3. The Morgan fingerprint density at radius 2 is 1.51 bits per heavy atom. The van der Waals surface area contributed by atoms with Gasteiger partial charge in [0, 0.05) is 17.6 Å². The van der Waals surface area contributed by atoms with Crippen LogP contribution in [0.3, 0.4) is 0 Å². The molecular weight excluding hydrogens is 753 g/mol. The van der Waals surface area contributed by atoms with Gasteiger partial charge in [-0.2, -0.15) is 11.6 Å². The number of hydrogen-bond donors (Lipinski definition) is 0. The maximum absolute atomic E-state index is 4.22. The number of hydrogen-bond acceptors (Lipinski definition) is 4. The maximum Gasteiger partial charge on any atom is 3.00 e. The summed E-state index contributed by atoms with van der Waals surface area (Å²) in [5.41, 5.74) is 13.8. The van der Waals surface area contributed by atoms with Crippen molar-refractivity contribution in [3.05, 3.63) is 133 Å². The second-order valence-corrected chi connectivity index (χ2v) is 14.4. The summed E-state index contributed by atoms with van der Waals surface area (Å²) in [7, 11) is 2.20. The summed E-state index contributed by atoms with van der Waals surface area (Å²) in [6, 6.07) is 38.9. The third-order valence-corrected chi connectivity index (χ3v) is 9.99. The smallest absolute Gasteiger partial charge is 0.490 e. The summed E-state index contributed by atoms with van der Waals surface area (Å²) >= 11 is 0. The van der Waals surface area contributed by atoms with Crippen LogP contribution < -0.4 is 14.7 Å². The fraction of sp³-hybridized carbons (Fsp3) is 0.286. The third-order valence-electron chi connectivity index (χ3n) is 9.99. The van der Waals surface area contributed by atoms with Crippen LogP contribution in [0.4, 0.5) is 34.1 Å². The van der Waals surface area contributed by atoms with Gasteiger partial charge >= 0.3 is 20.1 Å². The molecule has 240 valence electrons. The second-order valence-electron chi connectivity index (χ2n) is 14.4. The third kappa shape index (κ3) is 5.90. The summed E-state index contributed by atoms with van der Waals surface area (Å²) in [5.74, 6) is 0.531. The first-order valence-corrected chi connectivity index (χ1v) is 16.4. The molecule has 47 heavy (non-hydrogen) atoms. The number of anilines is 6. The fourth-order valence-electron chi connectivity index (χ4n) is 6.98. The van der Waals surface area contributed by atoms with Gasteiger partial charge in [0.05, 0.1) is 11.4 Å². The number of fused-ring (bicyclic) bond motifs is 3. The van der Waals surface area contributed by atoms with Crippen LogP contribution in [-0.4, -0.2) is 12.0 Å². The standard InChI is InChI=1S/C31H35N3.C11H8N.Ir/c1-20(2)21-11-13-22(14-12-21)33-19-34-28-18-24-23(30(3,4)15-16-31(24,5)6)17-27(28)32(7)25-9-8-10-26(33)29(25)34;1-2-6-10(7-3-1)11-8-4-5-9-12-11;/h8-14,17,19-20H,15-16H2,1-7H3;1-6,8-9H;/q-2;-1;+3. The Morgan fingerprint density at radius 1 is 0.787 bits per heavy atom. The van der Waals surface area contributed by atoms with Gasteiger partial charge in [-0.25, -0.2) is 0 Å². The normalized spacial score (nSPS) is 16.4. The molecule has 3 aliphatic rings. The van der Waals surface area contributed by atoms with E-state index in [1.165, 1.54) is 58.0 Å². The van der Waals surface area contributed by atoms with E-state index in [9.17, 15) is 0 Å². The van der Waals surface area contributed by atoms with Crippen molar-refractivity contribution in [1.82, 2.24) is 4.98 Å². The van der Waals surface area contributed by atoms with E-state index in [2.05, 4.69) is 136 Å². The van der Waals surface area contributed by atoms with Gasteiger partial charge in [-0.3, -0.25) is 0 Å². The first-order valence-electron chi connectivity index (χ1n) is 16.4. The molecule has 1 aromatic heterocycles. The monoisotopic (exact) mass is 796 g/mol. The fourth-order valence-corrected chi connectivity index (χ4v) is 6.98. The van der Waals surface area contributed by atoms with Crippen LogP contribution >= 0.6 is 0 Å². The average molecular weight is 796 g/mol. The molecule has 0 amide bonds. The molecule has 0 spiro atoms. The van der Waals surface area contributed by atoms with Crippen molar-refractivity contribution in [2.24, 2.45) is 0 Å². The Labute approximate surface area is 294 Å². The first-order chi connectivity index (χ1) is 22.0. The van der Waals surface area contributed by atoms with Crippen molar-refractivity contribution in [2.75, 3.05) is 21.7 Å². The van der Waals surface area contributed by atoms with E-state index >= 15 is 0 Å². The van der Waals surface area contributed by atoms with E-state index in [4.69, 9.17) is 0 Å². The van der Waals surface area contributed by atoms with Crippen LogP contribution in [0.5, 0.6) is 0 Å². The quantitative estimate of drug-likeness (QED) is 0.170. The van der Waals surface area contributed by atoms with Crippen LogP contribution in [0.25, 0.3) is 11.3 Å². The zero-order valence-corrected chi connectivity index (χ0v) is 30.8. The molecule has 4 nitrogen and oxygen atoms in total. The summed E-state index contributed by atoms with van der Waals surface area (Å²) in [6.07, 6.45) is 4.19. The van der Waals surface area contributed by atoms with Crippen molar-refractivity contribution in [2.45, 2.75) is 71.1 Å². The van der Waals surface area contributed by atoms with Crippen molar-refractivity contribution in [3.8, 4) is 11.3 Å². The largest absolute Gasteiger partial charge is 3.00 e. The molecule has 5 heteroatoms. The van der Waals surface area contributed by atoms with Crippen molar-refractivity contribution < 1.29 is 20.1 Å². The number of rotatable bonds is 3. The maximum atomic E-state index is 4.22. The Kier molecular flexibility index (Phi) is 8.84. The van der Waals surface area contributed by atoms with Crippen LogP contribution in [0.1, 0.15) is 77.0 Å². The molecule has 0 unspecified atom stereocenters. The number of pyridine rings is 1. The minimum Gasteiger partial charge on any atom is -0.490 e. The minimum absolute atomic E-state index is 0. The molecule has 0 atom stereocenters. The first kappa shape index (κ1) is 33.0. The molecule has 5 aromatic rings. The number of aromatic nitrogens is 1. The predicted octanol–water partition coefficient (Wildman–Crippen LogP) is 11.0. The topological polar surface area (TPSA) is 22.6 Å². The van der Waals surface area contributed by atoms with E-state index in [0.29, 0.717) is 5.92 Å². The molecule has 8 rings (SSSR count). The molecule has 3 heterocycles. The van der Waals surface area contributed by atoms with E-state index in [-0.39, 0.29) is 30.9 Å². The van der Waals surface area contributed by atoms with Gasteiger partial charge in [-0.05, 0) is 72.1 Å². The molecule has 2 aliphatic heterocycles. The molecule has 0 fully saturated rings. The Morgan fingerprint density at radius 3 is 2.19 bits per heavy atom. The van der Waals surface area contributed by atoms with Crippen LogP contribution in [-0.2, 0) is 30.9 Å². The molecule has 0 bridgehead atoms.